The Hall–Kier alpha value is -3.75. The fourth-order valence-corrected chi connectivity index (χ4v) is 5.75. The molecule has 0 N–H and O–H groups in total. The summed E-state index contributed by atoms with van der Waals surface area (Å²) in [6, 6.07) is 37.7. The van der Waals surface area contributed by atoms with Crippen molar-refractivity contribution < 1.29 is 4.79 Å². The van der Waals surface area contributed by atoms with Gasteiger partial charge in [0.1, 0.15) is 0 Å². The van der Waals surface area contributed by atoms with E-state index in [0.29, 0.717) is 0 Å². The van der Waals surface area contributed by atoms with Crippen LogP contribution in [0.4, 0.5) is 0 Å². The number of benzene rings is 4. The maximum Gasteiger partial charge on any atom is 0.186 e. The Balaban J connectivity index is 1.73. The number of halogens is 1. The molecule has 0 saturated heterocycles. The monoisotopic (exact) mass is 500 g/mol. The molecule has 0 unspecified atom stereocenters. The standard InChI is InChI=1S/C32H21BrO/c33-27-16-9-11-22(18-27)24-20-30-28(31(34)21-24)19-23-10-7-8-17-29(23)32(30,25-12-3-1-4-13-25)26-14-5-2-6-15-26/h1-21H. The average molecular weight is 501 g/mol. The summed E-state index contributed by atoms with van der Waals surface area (Å²) < 4.78 is 0.990. The van der Waals surface area contributed by atoms with Crippen LogP contribution in [0.2, 0.25) is 0 Å². The van der Waals surface area contributed by atoms with E-state index in [4.69, 9.17) is 0 Å². The van der Waals surface area contributed by atoms with Gasteiger partial charge in [-0.2, -0.15) is 0 Å². The second-order valence-electron chi connectivity index (χ2n) is 8.66. The van der Waals surface area contributed by atoms with Crippen molar-refractivity contribution in [3.63, 3.8) is 0 Å². The molecule has 34 heavy (non-hydrogen) atoms. The lowest BCUT2D eigenvalue weighted by Gasteiger charge is -2.43. The second-order valence-corrected chi connectivity index (χ2v) is 9.58. The van der Waals surface area contributed by atoms with Crippen molar-refractivity contribution >= 4 is 33.4 Å². The minimum Gasteiger partial charge on any atom is -0.289 e. The molecule has 2 aliphatic rings. The third kappa shape index (κ3) is 3.18. The Bertz CT molecular complexity index is 1470. The third-order valence-electron chi connectivity index (χ3n) is 6.78. The number of fused-ring (bicyclic) bond motifs is 2. The van der Waals surface area contributed by atoms with Crippen LogP contribution in [0.15, 0.2) is 137 Å². The van der Waals surface area contributed by atoms with Crippen molar-refractivity contribution in [1.29, 1.82) is 0 Å². The lowest BCUT2D eigenvalue weighted by molar-refractivity contribution is -0.111. The summed E-state index contributed by atoms with van der Waals surface area (Å²) in [5, 5.41) is 0. The summed E-state index contributed by atoms with van der Waals surface area (Å²) in [5.41, 5.74) is 7.67. The van der Waals surface area contributed by atoms with Crippen molar-refractivity contribution in [3.8, 4) is 0 Å². The molecule has 0 bridgehead atoms. The van der Waals surface area contributed by atoms with Gasteiger partial charge in [0.2, 0.25) is 0 Å². The first kappa shape index (κ1) is 20.8. The maximum atomic E-state index is 13.7. The van der Waals surface area contributed by atoms with E-state index < -0.39 is 5.41 Å². The highest BCUT2D eigenvalue weighted by molar-refractivity contribution is 9.10. The molecule has 4 aromatic carbocycles. The van der Waals surface area contributed by atoms with Crippen LogP contribution < -0.4 is 0 Å². The van der Waals surface area contributed by atoms with Crippen LogP contribution in [0.1, 0.15) is 27.8 Å². The number of carbonyl (C=O) groups is 1. The molecule has 0 heterocycles. The zero-order chi connectivity index (χ0) is 23.1. The maximum absolute atomic E-state index is 13.7. The Labute approximate surface area is 207 Å². The molecule has 6 rings (SSSR count). The van der Waals surface area contributed by atoms with Gasteiger partial charge < -0.3 is 0 Å². The number of rotatable bonds is 3. The largest absolute Gasteiger partial charge is 0.289 e. The Kier molecular flexibility index (Phi) is 5.04. The lowest BCUT2D eigenvalue weighted by atomic mass is 9.58. The van der Waals surface area contributed by atoms with Gasteiger partial charge in [0.25, 0.3) is 0 Å². The first-order valence-corrected chi connectivity index (χ1v) is 12.1. The van der Waals surface area contributed by atoms with Gasteiger partial charge in [-0.25, -0.2) is 0 Å². The van der Waals surface area contributed by atoms with Crippen LogP contribution in [0.25, 0.3) is 11.6 Å². The van der Waals surface area contributed by atoms with Gasteiger partial charge in [0.15, 0.2) is 5.78 Å². The summed E-state index contributed by atoms with van der Waals surface area (Å²) in [6.45, 7) is 0. The van der Waals surface area contributed by atoms with Gasteiger partial charge in [-0.1, -0.05) is 113 Å². The Morgan fingerprint density at radius 3 is 1.94 bits per heavy atom. The van der Waals surface area contributed by atoms with Crippen molar-refractivity contribution in [1.82, 2.24) is 0 Å². The highest BCUT2D eigenvalue weighted by Crippen LogP contribution is 2.53. The molecule has 1 nitrogen and oxygen atoms in total. The van der Waals surface area contributed by atoms with Gasteiger partial charge in [0, 0.05) is 10.0 Å². The lowest BCUT2D eigenvalue weighted by Crippen LogP contribution is -2.37. The van der Waals surface area contributed by atoms with Gasteiger partial charge in [0.05, 0.1) is 5.41 Å². The quantitative estimate of drug-likeness (QED) is 0.280. The number of hydrogen-bond acceptors (Lipinski definition) is 1. The molecule has 0 fully saturated rings. The molecular formula is C32H21BrO. The smallest absolute Gasteiger partial charge is 0.186 e. The van der Waals surface area contributed by atoms with Crippen LogP contribution >= 0.6 is 15.9 Å². The predicted octanol–water partition coefficient (Wildman–Crippen LogP) is 7.77. The predicted molar refractivity (Wildman–Crippen MR) is 142 cm³/mol. The second kappa shape index (κ2) is 8.23. The van der Waals surface area contributed by atoms with Crippen LogP contribution in [-0.4, -0.2) is 5.78 Å². The van der Waals surface area contributed by atoms with E-state index in [9.17, 15) is 4.79 Å². The number of hydrogen-bond donors (Lipinski definition) is 0. The van der Waals surface area contributed by atoms with E-state index in [1.807, 2.05) is 30.3 Å². The Morgan fingerprint density at radius 1 is 0.618 bits per heavy atom. The molecule has 162 valence electrons. The van der Waals surface area contributed by atoms with E-state index in [2.05, 4.69) is 107 Å². The number of carbonyl (C=O) groups excluding carboxylic acids is 1. The molecule has 2 aliphatic carbocycles. The van der Waals surface area contributed by atoms with Crippen molar-refractivity contribution in [2.75, 3.05) is 0 Å². The van der Waals surface area contributed by atoms with Crippen LogP contribution in [-0.2, 0) is 10.2 Å². The molecule has 0 amide bonds. The van der Waals surface area contributed by atoms with Gasteiger partial charge >= 0.3 is 0 Å². The molecule has 0 radical (unpaired) electrons. The highest BCUT2D eigenvalue weighted by Gasteiger charge is 2.46. The van der Waals surface area contributed by atoms with Crippen LogP contribution in [0.3, 0.4) is 0 Å². The molecule has 2 heteroatoms. The number of allylic oxidation sites excluding steroid dienone is 5. The fourth-order valence-electron chi connectivity index (χ4n) is 5.35. The molecule has 0 saturated carbocycles. The zero-order valence-electron chi connectivity index (χ0n) is 18.4. The van der Waals surface area contributed by atoms with E-state index in [1.54, 1.807) is 6.08 Å². The SMILES string of the molecule is O=C1C=C(c2cccc(Br)c2)C=C2C1=Cc1ccccc1C2(c1ccccc1)c1ccccc1. The van der Waals surface area contributed by atoms with E-state index in [1.165, 1.54) is 5.56 Å². The average Bonchev–Trinajstić information content (AvgIpc) is 2.89. The van der Waals surface area contributed by atoms with Crippen LogP contribution in [0, 0.1) is 0 Å². The summed E-state index contributed by atoms with van der Waals surface area (Å²) in [7, 11) is 0. The van der Waals surface area contributed by atoms with Crippen molar-refractivity contribution in [3.05, 3.63) is 165 Å². The molecule has 0 atom stereocenters. The summed E-state index contributed by atoms with van der Waals surface area (Å²) in [5.74, 6) is 0.0400. The summed E-state index contributed by atoms with van der Waals surface area (Å²) in [4.78, 5) is 13.7. The first-order valence-electron chi connectivity index (χ1n) is 11.3. The van der Waals surface area contributed by atoms with E-state index in [-0.39, 0.29) is 5.78 Å². The van der Waals surface area contributed by atoms with E-state index >= 15 is 0 Å². The minimum atomic E-state index is -0.607. The molecule has 0 aliphatic heterocycles. The van der Waals surface area contributed by atoms with Gasteiger partial charge in [-0.15, -0.1) is 0 Å². The fraction of sp³-hybridized carbons (Fsp3) is 0.0312. The molecule has 0 aromatic heterocycles. The topological polar surface area (TPSA) is 17.1 Å². The molecular weight excluding hydrogens is 480 g/mol. The number of ketones is 1. The van der Waals surface area contributed by atoms with Gasteiger partial charge in [-0.05, 0) is 69.3 Å². The van der Waals surface area contributed by atoms with E-state index in [0.717, 1.165) is 43.4 Å². The third-order valence-corrected chi connectivity index (χ3v) is 7.28. The zero-order valence-corrected chi connectivity index (χ0v) is 20.0. The summed E-state index contributed by atoms with van der Waals surface area (Å²) in [6.07, 6.45) is 6.04. The first-order chi connectivity index (χ1) is 16.7. The van der Waals surface area contributed by atoms with Crippen LogP contribution in [0.5, 0.6) is 0 Å². The van der Waals surface area contributed by atoms with Crippen molar-refractivity contribution in [2.24, 2.45) is 0 Å². The molecule has 0 spiro atoms. The van der Waals surface area contributed by atoms with Gasteiger partial charge in [-0.3, -0.25) is 4.79 Å². The molecule has 4 aromatic rings. The summed E-state index contributed by atoms with van der Waals surface area (Å²) >= 11 is 3.59. The minimum absolute atomic E-state index is 0.0400. The van der Waals surface area contributed by atoms with Crippen molar-refractivity contribution in [2.45, 2.75) is 5.41 Å². The highest BCUT2D eigenvalue weighted by atomic mass is 79.9. The Morgan fingerprint density at radius 2 is 1.26 bits per heavy atom. The normalized spacial score (nSPS) is 16.0.